The third-order valence-electron chi connectivity index (χ3n) is 14.7. The molecule has 0 unspecified atom stereocenters. The van der Waals surface area contributed by atoms with Crippen molar-refractivity contribution >= 4 is 46.7 Å². The molecule has 6 aromatic carbocycles. The summed E-state index contributed by atoms with van der Waals surface area (Å²) in [6, 6.07) is 39.4. The molecule has 0 radical (unpaired) electrons. The summed E-state index contributed by atoms with van der Waals surface area (Å²) in [5.41, 5.74) is 8.26. The van der Waals surface area contributed by atoms with Crippen LogP contribution in [0, 0.1) is 0 Å². The van der Waals surface area contributed by atoms with E-state index in [1.54, 1.807) is 14.2 Å². The fourth-order valence-corrected chi connectivity index (χ4v) is 9.26. The highest BCUT2D eigenvalue weighted by Crippen LogP contribution is 2.42. The van der Waals surface area contributed by atoms with E-state index in [1.807, 2.05) is 0 Å². The summed E-state index contributed by atoms with van der Waals surface area (Å²) < 4.78 is 36.3. The topological polar surface area (TPSA) is 55.4 Å². The molecule has 1 saturated carbocycles. The van der Waals surface area contributed by atoms with Crippen molar-refractivity contribution in [3.8, 4) is 33.8 Å². The summed E-state index contributed by atoms with van der Waals surface area (Å²) >= 11 is 0. The Morgan fingerprint density at radius 1 is 0.453 bits per heavy atom. The van der Waals surface area contributed by atoms with E-state index in [0.29, 0.717) is 5.92 Å². The fourth-order valence-electron chi connectivity index (χ4n) is 9.26. The van der Waals surface area contributed by atoms with Crippen molar-refractivity contribution in [2.45, 2.75) is 142 Å². The van der Waals surface area contributed by atoms with Gasteiger partial charge in [0, 0.05) is 5.56 Å². The van der Waals surface area contributed by atoms with Gasteiger partial charge in [0.2, 0.25) is 0 Å². The van der Waals surface area contributed by atoms with Crippen molar-refractivity contribution in [1.82, 2.24) is 0 Å². The molecule has 6 nitrogen and oxygen atoms in total. The van der Waals surface area contributed by atoms with E-state index in [0.717, 1.165) is 22.4 Å². The first-order valence-electron chi connectivity index (χ1n) is 23.3. The predicted molar refractivity (Wildman–Crippen MR) is 268 cm³/mol. The van der Waals surface area contributed by atoms with Crippen LogP contribution in [0.1, 0.15) is 125 Å². The van der Waals surface area contributed by atoms with Crippen molar-refractivity contribution in [2.24, 2.45) is 0 Å². The Labute approximate surface area is 383 Å². The molecule has 0 aromatic heterocycles. The van der Waals surface area contributed by atoms with E-state index < -0.39 is 0 Å². The highest BCUT2D eigenvalue weighted by atomic mass is 16.7. The van der Waals surface area contributed by atoms with Gasteiger partial charge in [0.25, 0.3) is 0 Å². The first-order chi connectivity index (χ1) is 30.2. The SMILES string of the molecule is COc1ccc(-c2ccc3cc(B4OC(C)(C)C(C)(C)O4)ccc3c2)cc1C(C)(C)C.COc1ccc(-c2ccc3cc(B4OC(C)(C)C(C)(C)O4)ccc3c2)cc1C1CCCCC1. The molecule has 0 amide bonds. The van der Waals surface area contributed by atoms with Crippen molar-refractivity contribution < 1.29 is 28.1 Å². The Morgan fingerprint density at radius 2 is 0.828 bits per heavy atom. The summed E-state index contributed by atoms with van der Waals surface area (Å²) in [6.45, 7) is 23.4. The van der Waals surface area contributed by atoms with Crippen LogP contribution in [-0.2, 0) is 24.0 Å². The standard InChI is InChI=1S/C29H35BO3.C27H33BO3/c1-28(2)29(3,4)33-30(32-28)25-15-13-22-17-21(11-12-23(22)18-25)24-14-16-27(31-5)26(19-24)20-9-7-6-8-10-20;1-25(2,3)23-17-21(12-14-24(23)29-8)18-9-10-20-16-22(13-11-19(20)15-18)28-30-26(4,5)27(6,7)31-28/h11-20H,6-10H2,1-5H3;9-17H,1-8H3. The van der Waals surface area contributed by atoms with Crippen LogP contribution in [0.4, 0.5) is 0 Å². The Hall–Kier alpha value is -4.59. The largest absolute Gasteiger partial charge is 0.496 e. The zero-order chi connectivity index (χ0) is 45.8. The molecule has 2 aliphatic heterocycles. The van der Waals surface area contributed by atoms with Crippen LogP contribution in [0.3, 0.4) is 0 Å². The van der Waals surface area contributed by atoms with Crippen LogP contribution in [0.15, 0.2) is 109 Å². The monoisotopic (exact) mass is 859 g/mol. The Morgan fingerprint density at radius 3 is 1.27 bits per heavy atom. The normalized spacial score (nSPS) is 19.1. The van der Waals surface area contributed by atoms with E-state index in [9.17, 15) is 0 Å². The summed E-state index contributed by atoms with van der Waals surface area (Å²) in [4.78, 5) is 0. The number of benzene rings is 6. The van der Waals surface area contributed by atoms with Crippen molar-refractivity contribution in [3.63, 3.8) is 0 Å². The molecule has 0 N–H and O–H groups in total. The minimum atomic E-state index is -0.343. The van der Waals surface area contributed by atoms with Gasteiger partial charge in [0.15, 0.2) is 0 Å². The minimum absolute atomic E-state index is 0.00986. The van der Waals surface area contributed by atoms with Gasteiger partial charge >= 0.3 is 14.2 Å². The van der Waals surface area contributed by atoms with Crippen LogP contribution >= 0.6 is 0 Å². The Bertz CT molecular complexity index is 2620. The lowest BCUT2D eigenvalue weighted by atomic mass is 9.78. The van der Waals surface area contributed by atoms with E-state index in [2.05, 4.69) is 185 Å². The van der Waals surface area contributed by atoms with E-state index in [4.69, 9.17) is 28.1 Å². The zero-order valence-electron chi connectivity index (χ0n) is 40.6. The van der Waals surface area contributed by atoms with E-state index >= 15 is 0 Å². The van der Waals surface area contributed by atoms with Crippen LogP contribution in [0.25, 0.3) is 43.8 Å². The summed E-state index contributed by atoms with van der Waals surface area (Å²) in [5, 5.41) is 4.81. The van der Waals surface area contributed by atoms with Gasteiger partial charge in [-0.3, -0.25) is 0 Å². The van der Waals surface area contributed by atoms with Gasteiger partial charge in [0.1, 0.15) is 11.5 Å². The molecule has 3 fully saturated rings. The number of ether oxygens (including phenoxy) is 2. The lowest BCUT2D eigenvalue weighted by Gasteiger charge is -2.32. The predicted octanol–water partition coefficient (Wildman–Crippen LogP) is 13.0. The molecular formula is C56H68B2O6. The maximum absolute atomic E-state index is 6.25. The van der Waals surface area contributed by atoms with Crippen molar-refractivity contribution in [1.29, 1.82) is 0 Å². The number of hydrogen-bond donors (Lipinski definition) is 0. The number of methoxy groups -OCH3 is 2. The highest BCUT2D eigenvalue weighted by Gasteiger charge is 2.52. The molecular weight excluding hydrogens is 790 g/mol. The lowest BCUT2D eigenvalue weighted by Crippen LogP contribution is -2.41. The van der Waals surface area contributed by atoms with Gasteiger partial charge in [-0.2, -0.15) is 0 Å². The fraction of sp³-hybridized carbons (Fsp3) is 0.429. The summed E-state index contributed by atoms with van der Waals surface area (Å²) in [5.74, 6) is 2.57. The van der Waals surface area contributed by atoms with Gasteiger partial charge in [0.05, 0.1) is 36.6 Å². The van der Waals surface area contributed by atoms with Crippen LogP contribution in [-0.4, -0.2) is 50.9 Å². The quantitative estimate of drug-likeness (QED) is 0.149. The molecule has 334 valence electrons. The number of hydrogen-bond acceptors (Lipinski definition) is 6. The molecule has 0 atom stereocenters. The third kappa shape index (κ3) is 9.14. The summed E-state index contributed by atoms with van der Waals surface area (Å²) in [6.07, 6.45) is 6.52. The molecule has 6 aromatic rings. The third-order valence-corrected chi connectivity index (χ3v) is 14.7. The Balaban J connectivity index is 0.000000175. The summed E-state index contributed by atoms with van der Waals surface area (Å²) in [7, 11) is 2.84. The van der Waals surface area contributed by atoms with Crippen molar-refractivity contribution in [3.05, 3.63) is 120 Å². The van der Waals surface area contributed by atoms with E-state index in [1.165, 1.54) is 87.0 Å². The smallest absolute Gasteiger partial charge is 0.494 e. The van der Waals surface area contributed by atoms with E-state index in [-0.39, 0.29) is 42.1 Å². The number of fused-ring (bicyclic) bond motifs is 2. The molecule has 1 aliphatic carbocycles. The highest BCUT2D eigenvalue weighted by molar-refractivity contribution is 6.62. The van der Waals surface area contributed by atoms with Crippen molar-refractivity contribution in [2.75, 3.05) is 14.2 Å². The average Bonchev–Trinajstić information content (AvgIpc) is 3.64. The zero-order valence-corrected chi connectivity index (χ0v) is 40.6. The van der Waals surface area contributed by atoms with Gasteiger partial charge in [-0.1, -0.05) is 113 Å². The molecule has 2 saturated heterocycles. The number of rotatable bonds is 7. The van der Waals surface area contributed by atoms with Crippen LogP contribution in [0.5, 0.6) is 11.5 Å². The van der Waals surface area contributed by atoms with Crippen LogP contribution in [0.2, 0.25) is 0 Å². The average molecular weight is 859 g/mol. The first kappa shape index (κ1) is 46.0. The van der Waals surface area contributed by atoms with Crippen LogP contribution < -0.4 is 20.4 Å². The van der Waals surface area contributed by atoms with Gasteiger partial charge in [-0.25, -0.2) is 0 Å². The maximum atomic E-state index is 6.25. The second-order valence-electron chi connectivity index (χ2n) is 21.3. The molecule has 0 bridgehead atoms. The molecule has 8 heteroatoms. The van der Waals surface area contributed by atoms with Gasteiger partial charge in [-0.05, 0) is 176 Å². The molecule has 0 spiro atoms. The molecule has 3 aliphatic rings. The Kier molecular flexibility index (Phi) is 12.4. The second-order valence-corrected chi connectivity index (χ2v) is 21.3. The van der Waals surface area contributed by atoms with Gasteiger partial charge in [-0.15, -0.1) is 0 Å². The minimum Gasteiger partial charge on any atom is -0.496 e. The first-order valence-corrected chi connectivity index (χ1v) is 23.3. The second kappa shape index (κ2) is 17.3. The molecule has 2 heterocycles. The maximum Gasteiger partial charge on any atom is 0.494 e. The molecule has 64 heavy (non-hydrogen) atoms. The van der Waals surface area contributed by atoms with Gasteiger partial charge < -0.3 is 28.1 Å². The lowest BCUT2D eigenvalue weighted by molar-refractivity contribution is 0.00578. The molecule has 9 rings (SSSR count).